The summed E-state index contributed by atoms with van der Waals surface area (Å²) in [6, 6.07) is 8.02. The van der Waals surface area contributed by atoms with Gasteiger partial charge < -0.3 is 9.80 Å². The van der Waals surface area contributed by atoms with Gasteiger partial charge in [-0.2, -0.15) is 5.10 Å². The molecule has 0 radical (unpaired) electrons. The van der Waals surface area contributed by atoms with Crippen LogP contribution in [0, 0.1) is 6.92 Å². The molecule has 1 fully saturated rings. The third-order valence-electron chi connectivity index (χ3n) is 5.66. The van der Waals surface area contributed by atoms with Crippen LogP contribution in [0.5, 0.6) is 0 Å². The maximum Gasteiger partial charge on any atom is 0.254 e. The predicted molar refractivity (Wildman–Crippen MR) is 116 cm³/mol. The Morgan fingerprint density at radius 2 is 2.03 bits per heavy atom. The van der Waals surface area contributed by atoms with Crippen LogP contribution in [0.1, 0.15) is 35.7 Å². The zero-order valence-electron chi connectivity index (χ0n) is 17.6. The number of fused-ring (bicyclic) bond motifs is 1. The molecule has 2 aromatic heterocycles. The SMILES string of the molecule is CCCn1cc(-c2cc(C(=O)N3CCCN(C)CC3)c3cccc(C)c3n2)cn1. The van der Waals surface area contributed by atoms with E-state index in [0.29, 0.717) is 0 Å². The standard InChI is InChI=1S/C23H29N5O/c1-4-9-28-16-18(15-24-28)21-14-20(19-8-5-7-17(2)22(19)25-21)23(29)27-11-6-10-26(3)12-13-27/h5,7-8,14-16H,4,6,9-13H2,1-3H3. The van der Waals surface area contributed by atoms with Crippen LogP contribution in [0.15, 0.2) is 36.7 Å². The van der Waals surface area contributed by atoms with Gasteiger partial charge in [-0.1, -0.05) is 25.1 Å². The summed E-state index contributed by atoms with van der Waals surface area (Å²) in [6.07, 6.45) is 5.89. The number of carbonyl (C=O) groups excluding carboxylic acids is 1. The number of rotatable bonds is 4. The highest BCUT2D eigenvalue weighted by Crippen LogP contribution is 2.28. The van der Waals surface area contributed by atoms with Crippen molar-refractivity contribution in [3.8, 4) is 11.3 Å². The molecule has 0 aliphatic carbocycles. The molecular weight excluding hydrogens is 362 g/mol. The van der Waals surface area contributed by atoms with Crippen molar-refractivity contribution in [1.82, 2.24) is 24.6 Å². The lowest BCUT2D eigenvalue weighted by molar-refractivity contribution is 0.0765. The van der Waals surface area contributed by atoms with Gasteiger partial charge in [-0.15, -0.1) is 0 Å². The van der Waals surface area contributed by atoms with E-state index in [-0.39, 0.29) is 5.91 Å². The van der Waals surface area contributed by atoms with Gasteiger partial charge in [-0.05, 0) is 45.0 Å². The van der Waals surface area contributed by atoms with E-state index in [1.165, 1.54) is 0 Å². The minimum Gasteiger partial charge on any atom is -0.337 e. The molecule has 1 aromatic carbocycles. The zero-order valence-corrected chi connectivity index (χ0v) is 17.6. The number of amides is 1. The highest BCUT2D eigenvalue weighted by atomic mass is 16.2. The van der Waals surface area contributed by atoms with E-state index < -0.39 is 0 Å². The number of carbonyl (C=O) groups is 1. The topological polar surface area (TPSA) is 54.3 Å². The van der Waals surface area contributed by atoms with E-state index in [2.05, 4.69) is 37.0 Å². The first kappa shape index (κ1) is 19.6. The van der Waals surface area contributed by atoms with Crippen LogP contribution in [0.3, 0.4) is 0 Å². The molecule has 6 nitrogen and oxygen atoms in total. The molecule has 1 saturated heterocycles. The largest absolute Gasteiger partial charge is 0.337 e. The number of hydrogen-bond acceptors (Lipinski definition) is 4. The van der Waals surface area contributed by atoms with Crippen LogP contribution < -0.4 is 0 Å². The average molecular weight is 392 g/mol. The molecule has 29 heavy (non-hydrogen) atoms. The lowest BCUT2D eigenvalue weighted by atomic mass is 10.0. The Bertz CT molecular complexity index is 1030. The predicted octanol–water partition coefficient (Wildman–Crippen LogP) is 3.59. The second-order valence-electron chi connectivity index (χ2n) is 7.97. The fourth-order valence-corrected chi connectivity index (χ4v) is 3.98. The number of aryl methyl sites for hydroxylation is 2. The van der Waals surface area contributed by atoms with E-state index >= 15 is 0 Å². The van der Waals surface area contributed by atoms with Gasteiger partial charge in [-0.3, -0.25) is 9.48 Å². The van der Waals surface area contributed by atoms with Crippen molar-refractivity contribution < 1.29 is 4.79 Å². The van der Waals surface area contributed by atoms with Gasteiger partial charge in [0, 0.05) is 43.3 Å². The van der Waals surface area contributed by atoms with E-state index in [0.717, 1.165) is 78.9 Å². The summed E-state index contributed by atoms with van der Waals surface area (Å²) in [5, 5.41) is 5.37. The van der Waals surface area contributed by atoms with Gasteiger partial charge in [0.05, 0.1) is 23.0 Å². The molecule has 0 atom stereocenters. The van der Waals surface area contributed by atoms with Crippen molar-refractivity contribution >= 4 is 16.8 Å². The number of benzene rings is 1. The second-order valence-corrected chi connectivity index (χ2v) is 7.97. The van der Waals surface area contributed by atoms with Gasteiger partial charge in [-0.25, -0.2) is 4.98 Å². The van der Waals surface area contributed by atoms with Crippen LogP contribution in [-0.2, 0) is 6.54 Å². The molecule has 1 aliphatic heterocycles. The molecule has 0 N–H and O–H groups in total. The maximum atomic E-state index is 13.5. The number of hydrogen-bond donors (Lipinski definition) is 0. The highest BCUT2D eigenvalue weighted by Gasteiger charge is 2.22. The molecule has 1 amide bonds. The summed E-state index contributed by atoms with van der Waals surface area (Å²) in [4.78, 5) is 22.7. The Kier molecular flexibility index (Phi) is 5.62. The molecule has 3 heterocycles. The number of para-hydroxylation sites is 1. The van der Waals surface area contributed by atoms with Gasteiger partial charge in [0.2, 0.25) is 0 Å². The lowest BCUT2D eigenvalue weighted by Crippen LogP contribution is -2.34. The number of likely N-dealkylation sites (N-methyl/N-ethyl adjacent to an activating group) is 1. The zero-order chi connectivity index (χ0) is 20.4. The minimum absolute atomic E-state index is 0.0977. The average Bonchev–Trinajstić information content (AvgIpc) is 3.08. The quantitative estimate of drug-likeness (QED) is 0.682. The van der Waals surface area contributed by atoms with Crippen LogP contribution in [0.2, 0.25) is 0 Å². The molecule has 0 unspecified atom stereocenters. The Balaban J connectivity index is 1.79. The summed E-state index contributed by atoms with van der Waals surface area (Å²) >= 11 is 0. The summed E-state index contributed by atoms with van der Waals surface area (Å²) in [5.74, 6) is 0.0977. The lowest BCUT2D eigenvalue weighted by Gasteiger charge is -2.22. The molecule has 6 heteroatoms. The third-order valence-corrected chi connectivity index (χ3v) is 5.66. The summed E-state index contributed by atoms with van der Waals surface area (Å²) in [7, 11) is 2.12. The van der Waals surface area contributed by atoms with Crippen molar-refractivity contribution in [2.24, 2.45) is 0 Å². The van der Waals surface area contributed by atoms with Crippen molar-refractivity contribution in [2.45, 2.75) is 33.2 Å². The number of nitrogens with zero attached hydrogens (tertiary/aromatic N) is 5. The van der Waals surface area contributed by atoms with E-state index in [1.807, 2.05) is 40.2 Å². The molecule has 3 aromatic rings. The Morgan fingerprint density at radius 3 is 2.86 bits per heavy atom. The molecule has 0 saturated carbocycles. The normalized spacial score (nSPS) is 15.6. The van der Waals surface area contributed by atoms with Crippen LogP contribution in [0.4, 0.5) is 0 Å². The Morgan fingerprint density at radius 1 is 1.17 bits per heavy atom. The molecule has 4 rings (SSSR count). The van der Waals surface area contributed by atoms with E-state index in [4.69, 9.17) is 4.98 Å². The summed E-state index contributed by atoms with van der Waals surface area (Å²) in [5.41, 5.74) is 4.47. The van der Waals surface area contributed by atoms with Gasteiger partial charge in [0.15, 0.2) is 0 Å². The fourth-order valence-electron chi connectivity index (χ4n) is 3.98. The van der Waals surface area contributed by atoms with Crippen molar-refractivity contribution in [3.63, 3.8) is 0 Å². The highest BCUT2D eigenvalue weighted by molar-refractivity contribution is 6.07. The van der Waals surface area contributed by atoms with Gasteiger partial charge in [0.1, 0.15) is 0 Å². The first-order valence-corrected chi connectivity index (χ1v) is 10.5. The minimum atomic E-state index is 0.0977. The van der Waals surface area contributed by atoms with E-state index in [1.54, 1.807) is 0 Å². The first-order valence-electron chi connectivity index (χ1n) is 10.5. The van der Waals surface area contributed by atoms with E-state index in [9.17, 15) is 4.79 Å². The number of pyridine rings is 1. The van der Waals surface area contributed by atoms with Crippen molar-refractivity contribution in [2.75, 3.05) is 33.2 Å². The molecule has 152 valence electrons. The third kappa shape index (κ3) is 4.03. The fraction of sp³-hybridized carbons (Fsp3) is 0.435. The monoisotopic (exact) mass is 391 g/mol. The summed E-state index contributed by atoms with van der Waals surface area (Å²) < 4.78 is 1.94. The molecule has 0 bridgehead atoms. The Hall–Kier alpha value is -2.73. The first-order chi connectivity index (χ1) is 14.1. The van der Waals surface area contributed by atoms with Crippen molar-refractivity contribution in [3.05, 3.63) is 47.8 Å². The number of aromatic nitrogens is 3. The molecule has 1 aliphatic rings. The Labute approximate surface area is 172 Å². The van der Waals surface area contributed by atoms with Crippen molar-refractivity contribution in [1.29, 1.82) is 0 Å². The smallest absolute Gasteiger partial charge is 0.254 e. The van der Waals surface area contributed by atoms with Crippen LogP contribution in [0.25, 0.3) is 22.2 Å². The van der Waals surface area contributed by atoms with Gasteiger partial charge >= 0.3 is 0 Å². The van der Waals surface area contributed by atoms with Crippen LogP contribution >= 0.6 is 0 Å². The molecule has 0 spiro atoms. The summed E-state index contributed by atoms with van der Waals surface area (Å²) in [6.45, 7) is 8.55. The second kappa shape index (κ2) is 8.33. The van der Waals surface area contributed by atoms with Crippen LogP contribution in [-0.4, -0.2) is 63.7 Å². The van der Waals surface area contributed by atoms with Gasteiger partial charge in [0.25, 0.3) is 5.91 Å². The maximum absolute atomic E-state index is 13.5. The molecular formula is C23H29N5O.